The molecular weight excluding hydrogens is 406 g/mol. The third-order valence-corrected chi connectivity index (χ3v) is 5.01. The maximum atomic E-state index is 12.5. The Morgan fingerprint density at radius 1 is 1.00 bits per heavy atom. The second-order valence-electron chi connectivity index (χ2n) is 6.78. The summed E-state index contributed by atoms with van der Waals surface area (Å²) in [5, 5.41) is 10.8. The quantitative estimate of drug-likeness (QED) is 0.374. The monoisotopic (exact) mass is 429 g/mol. The first-order valence-corrected chi connectivity index (χ1v) is 9.59. The molecule has 0 atom stereocenters. The van der Waals surface area contributed by atoms with Crippen LogP contribution in [0.3, 0.4) is 0 Å². The summed E-state index contributed by atoms with van der Waals surface area (Å²) in [4.78, 5) is 38.9. The van der Waals surface area contributed by atoms with Crippen molar-refractivity contribution >= 4 is 23.3 Å². The lowest BCUT2D eigenvalue weighted by atomic mass is 10.2. The van der Waals surface area contributed by atoms with Gasteiger partial charge in [-0.3, -0.25) is 14.9 Å². The van der Waals surface area contributed by atoms with Crippen LogP contribution in [0.15, 0.2) is 42.5 Å². The van der Waals surface area contributed by atoms with E-state index >= 15 is 0 Å². The molecule has 1 amide bonds. The molecule has 1 heterocycles. The van der Waals surface area contributed by atoms with E-state index in [1.165, 1.54) is 32.4 Å². The summed E-state index contributed by atoms with van der Waals surface area (Å²) in [5.41, 5.74) is 1.07. The molecule has 2 aromatic rings. The van der Waals surface area contributed by atoms with Crippen molar-refractivity contribution in [2.24, 2.45) is 0 Å². The number of benzene rings is 2. The fourth-order valence-electron chi connectivity index (χ4n) is 3.27. The molecule has 1 aliphatic heterocycles. The maximum Gasteiger partial charge on any atom is 0.342 e. The van der Waals surface area contributed by atoms with Crippen LogP contribution in [0.1, 0.15) is 10.4 Å². The van der Waals surface area contributed by atoms with Crippen LogP contribution in [0.5, 0.6) is 11.5 Å². The minimum Gasteiger partial charge on any atom is -0.497 e. The van der Waals surface area contributed by atoms with Crippen molar-refractivity contribution in [3.8, 4) is 11.5 Å². The highest BCUT2D eigenvalue weighted by atomic mass is 16.6. The van der Waals surface area contributed by atoms with E-state index in [9.17, 15) is 19.7 Å². The molecule has 0 unspecified atom stereocenters. The topological polar surface area (TPSA) is 111 Å². The molecule has 10 nitrogen and oxygen atoms in total. The first-order valence-electron chi connectivity index (χ1n) is 9.59. The lowest BCUT2D eigenvalue weighted by Crippen LogP contribution is -2.49. The number of ether oxygens (including phenoxy) is 3. The molecule has 31 heavy (non-hydrogen) atoms. The Hall–Kier alpha value is -3.82. The first-order chi connectivity index (χ1) is 14.9. The maximum absolute atomic E-state index is 12.5. The Morgan fingerprint density at radius 2 is 1.68 bits per heavy atom. The van der Waals surface area contributed by atoms with E-state index in [0.29, 0.717) is 37.7 Å². The van der Waals surface area contributed by atoms with Crippen molar-refractivity contribution in [3.05, 3.63) is 58.1 Å². The summed E-state index contributed by atoms with van der Waals surface area (Å²) >= 11 is 0. The van der Waals surface area contributed by atoms with Crippen molar-refractivity contribution in [1.29, 1.82) is 0 Å². The smallest absolute Gasteiger partial charge is 0.342 e. The molecular formula is C21H23N3O7. The zero-order valence-corrected chi connectivity index (χ0v) is 17.3. The van der Waals surface area contributed by atoms with Gasteiger partial charge in [0.15, 0.2) is 6.61 Å². The van der Waals surface area contributed by atoms with Crippen molar-refractivity contribution in [2.75, 3.05) is 51.9 Å². The highest BCUT2D eigenvalue weighted by Crippen LogP contribution is 2.25. The molecule has 3 rings (SSSR count). The van der Waals surface area contributed by atoms with E-state index < -0.39 is 10.9 Å². The average Bonchev–Trinajstić information content (AvgIpc) is 2.82. The number of methoxy groups -OCH3 is 2. The number of nitro groups is 1. The molecule has 1 saturated heterocycles. The molecule has 0 spiro atoms. The van der Waals surface area contributed by atoms with E-state index in [2.05, 4.69) is 0 Å². The van der Waals surface area contributed by atoms with Crippen LogP contribution in [0, 0.1) is 10.1 Å². The third-order valence-electron chi connectivity index (χ3n) is 5.01. The third kappa shape index (κ3) is 5.21. The van der Waals surface area contributed by atoms with Crippen molar-refractivity contribution < 1.29 is 28.7 Å². The zero-order valence-electron chi connectivity index (χ0n) is 17.3. The molecule has 10 heteroatoms. The summed E-state index contributed by atoms with van der Waals surface area (Å²) in [6.45, 7) is 1.67. The molecule has 0 bridgehead atoms. The number of anilines is 1. The molecule has 1 fully saturated rings. The van der Waals surface area contributed by atoms with Gasteiger partial charge in [0.2, 0.25) is 0 Å². The number of piperazine rings is 1. The van der Waals surface area contributed by atoms with Gasteiger partial charge in [0.25, 0.3) is 11.6 Å². The fourth-order valence-corrected chi connectivity index (χ4v) is 3.27. The standard InChI is InChI=1S/C21H23N3O7/c1-29-17-7-8-19(30-2)18(13-17)21(26)31-14-20(25)23-11-9-22(10-12-23)15-3-5-16(6-4-15)24(27)28/h3-8,13H,9-12,14H2,1-2H3. The van der Waals surface area contributed by atoms with Gasteiger partial charge in [0.05, 0.1) is 19.1 Å². The lowest BCUT2D eigenvalue weighted by molar-refractivity contribution is -0.384. The number of nitrogens with zero attached hydrogens (tertiary/aromatic N) is 3. The second kappa shape index (κ2) is 9.79. The van der Waals surface area contributed by atoms with Gasteiger partial charge in [-0.1, -0.05) is 0 Å². The Kier molecular flexibility index (Phi) is 6.91. The van der Waals surface area contributed by atoms with Crippen LogP contribution in [0.4, 0.5) is 11.4 Å². The predicted molar refractivity (Wildman–Crippen MR) is 112 cm³/mol. The van der Waals surface area contributed by atoms with Crippen LogP contribution in [-0.4, -0.2) is 68.7 Å². The summed E-state index contributed by atoms with van der Waals surface area (Å²) in [6.07, 6.45) is 0. The van der Waals surface area contributed by atoms with Gasteiger partial charge in [0, 0.05) is 44.0 Å². The van der Waals surface area contributed by atoms with Crippen LogP contribution in [-0.2, 0) is 9.53 Å². The number of esters is 1. The van der Waals surface area contributed by atoms with Gasteiger partial charge in [-0.2, -0.15) is 0 Å². The van der Waals surface area contributed by atoms with Crippen LogP contribution in [0.25, 0.3) is 0 Å². The number of nitro benzene ring substituents is 1. The lowest BCUT2D eigenvalue weighted by Gasteiger charge is -2.36. The van der Waals surface area contributed by atoms with Crippen LogP contribution < -0.4 is 14.4 Å². The predicted octanol–water partition coefficient (Wildman–Crippen LogP) is 2.12. The molecule has 1 aliphatic rings. The minimum atomic E-state index is -0.673. The van der Waals surface area contributed by atoms with E-state index in [-0.39, 0.29) is 23.8 Å². The SMILES string of the molecule is COc1ccc(OC)c(C(=O)OCC(=O)N2CCN(c3ccc([N+](=O)[O-])cc3)CC2)c1. The van der Waals surface area contributed by atoms with Gasteiger partial charge in [-0.05, 0) is 30.3 Å². The number of hydrogen-bond acceptors (Lipinski definition) is 8. The number of hydrogen-bond donors (Lipinski definition) is 0. The summed E-state index contributed by atoms with van der Waals surface area (Å²) in [6, 6.07) is 11.0. The van der Waals surface area contributed by atoms with Crippen molar-refractivity contribution in [3.63, 3.8) is 0 Å². The van der Waals surface area contributed by atoms with E-state index in [1.54, 1.807) is 29.2 Å². The van der Waals surface area contributed by atoms with Gasteiger partial charge in [-0.15, -0.1) is 0 Å². The van der Waals surface area contributed by atoms with Crippen molar-refractivity contribution in [2.45, 2.75) is 0 Å². The molecule has 0 saturated carbocycles. The summed E-state index contributed by atoms with van der Waals surface area (Å²) in [7, 11) is 2.92. The Balaban J connectivity index is 1.52. The Bertz CT molecular complexity index is 954. The fraction of sp³-hybridized carbons (Fsp3) is 0.333. The van der Waals surface area contributed by atoms with Gasteiger partial charge in [0.1, 0.15) is 17.1 Å². The second-order valence-corrected chi connectivity index (χ2v) is 6.78. The highest BCUT2D eigenvalue weighted by molar-refractivity contribution is 5.94. The first kappa shape index (κ1) is 21.9. The highest BCUT2D eigenvalue weighted by Gasteiger charge is 2.23. The molecule has 0 N–H and O–H groups in total. The number of rotatable bonds is 7. The largest absolute Gasteiger partial charge is 0.497 e. The minimum absolute atomic E-state index is 0.0343. The number of carbonyl (C=O) groups is 2. The molecule has 0 radical (unpaired) electrons. The average molecular weight is 429 g/mol. The zero-order chi connectivity index (χ0) is 22.4. The molecule has 2 aromatic carbocycles. The number of carbonyl (C=O) groups excluding carboxylic acids is 2. The van der Waals surface area contributed by atoms with Gasteiger partial charge in [-0.25, -0.2) is 4.79 Å². The molecule has 0 aliphatic carbocycles. The van der Waals surface area contributed by atoms with Gasteiger partial charge >= 0.3 is 5.97 Å². The Morgan fingerprint density at radius 3 is 2.26 bits per heavy atom. The van der Waals surface area contributed by atoms with E-state index in [4.69, 9.17) is 14.2 Å². The Labute approximate surface area is 179 Å². The van der Waals surface area contributed by atoms with Crippen LogP contribution in [0.2, 0.25) is 0 Å². The summed E-state index contributed by atoms with van der Waals surface area (Å²) < 4.78 is 15.5. The number of non-ortho nitro benzene ring substituents is 1. The normalized spacial score (nSPS) is 13.5. The van der Waals surface area contributed by atoms with Gasteiger partial charge < -0.3 is 24.0 Å². The molecule has 164 valence electrons. The van der Waals surface area contributed by atoms with Crippen molar-refractivity contribution in [1.82, 2.24) is 4.90 Å². The van der Waals surface area contributed by atoms with E-state index in [0.717, 1.165) is 5.69 Å². The molecule has 0 aromatic heterocycles. The van der Waals surface area contributed by atoms with Crippen LogP contribution >= 0.6 is 0 Å². The number of amides is 1. The van der Waals surface area contributed by atoms with E-state index in [1.807, 2.05) is 4.90 Å². The summed E-state index contributed by atoms with van der Waals surface area (Å²) in [5.74, 6) is -0.163.